The first kappa shape index (κ1) is 26.1. The fourth-order valence-corrected chi connectivity index (χ4v) is 3.28. The number of nitrogens with two attached hydrogens (primary N) is 2. The lowest BCUT2D eigenvalue weighted by Crippen LogP contribution is -2.47. The first-order valence-corrected chi connectivity index (χ1v) is 11.3. The summed E-state index contributed by atoms with van der Waals surface area (Å²) in [6, 6.07) is 21.6. The van der Waals surface area contributed by atoms with E-state index in [-0.39, 0.29) is 25.4 Å². The molecule has 1 unspecified atom stereocenters. The highest BCUT2D eigenvalue weighted by molar-refractivity contribution is 5.98. The molecule has 3 aromatic carbocycles. The van der Waals surface area contributed by atoms with Crippen molar-refractivity contribution >= 4 is 23.7 Å². The molecule has 0 aromatic heterocycles. The monoisotopic (exact) mass is 488 g/mol. The van der Waals surface area contributed by atoms with Crippen molar-refractivity contribution in [1.29, 1.82) is 5.41 Å². The summed E-state index contributed by atoms with van der Waals surface area (Å²) < 4.78 is 10.6. The van der Waals surface area contributed by atoms with Crippen molar-refractivity contribution in [2.24, 2.45) is 11.5 Å². The zero-order valence-corrected chi connectivity index (χ0v) is 19.6. The maximum Gasteiger partial charge on any atom is 0.337 e. The molecule has 0 fully saturated rings. The van der Waals surface area contributed by atoms with Crippen LogP contribution in [-0.4, -0.2) is 36.3 Å². The van der Waals surface area contributed by atoms with E-state index >= 15 is 0 Å². The number of hydrogen-bond acceptors (Lipinski definition) is 7. The average molecular weight is 489 g/mol. The zero-order chi connectivity index (χ0) is 25.9. The van der Waals surface area contributed by atoms with Crippen LogP contribution < -0.4 is 21.5 Å². The quantitative estimate of drug-likeness (QED) is 0.140. The van der Waals surface area contributed by atoms with E-state index in [9.17, 15) is 14.4 Å². The predicted molar refractivity (Wildman–Crippen MR) is 134 cm³/mol. The second kappa shape index (κ2) is 12.8. The van der Waals surface area contributed by atoms with E-state index in [1.165, 1.54) is 0 Å². The Balaban J connectivity index is 1.52. The van der Waals surface area contributed by atoms with Crippen LogP contribution in [0.1, 0.15) is 33.5 Å². The molecule has 3 rings (SSSR count). The van der Waals surface area contributed by atoms with Crippen LogP contribution >= 0.6 is 0 Å². The van der Waals surface area contributed by atoms with Gasteiger partial charge in [0, 0.05) is 17.7 Å². The number of esters is 2. The molecule has 3 aromatic rings. The van der Waals surface area contributed by atoms with E-state index in [4.69, 9.17) is 26.4 Å². The molecule has 0 bridgehead atoms. The molecule has 186 valence electrons. The number of aryl methyl sites for hydroxylation is 1. The number of hydrogen-bond donors (Lipinski definition) is 4. The van der Waals surface area contributed by atoms with E-state index in [1.54, 1.807) is 48.5 Å². The highest BCUT2D eigenvalue weighted by Gasteiger charge is 2.24. The van der Waals surface area contributed by atoms with Crippen molar-refractivity contribution in [1.82, 2.24) is 5.32 Å². The van der Waals surface area contributed by atoms with Gasteiger partial charge in [-0.2, -0.15) is 0 Å². The predicted octanol–water partition coefficient (Wildman–Crippen LogP) is 2.31. The summed E-state index contributed by atoms with van der Waals surface area (Å²) in [6.45, 7) is -0.0333. The van der Waals surface area contributed by atoms with Gasteiger partial charge in [0.15, 0.2) is 0 Å². The Kier molecular flexibility index (Phi) is 9.30. The number of rotatable bonds is 11. The average Bonchev–Trinajstić information content (AvgIpc) is 2.90. The Hall–Kier alpha value is -4.50. The molecule has 0 heterocycles. The number of carbonyl (C=O) groups excluding carboxylic acids is 3. The van der Waals surface area contributed by atoms with E-state index in [2.05, 4.69) is 5.32 Å². The number of ether oxygens (including phenoxy) is 2. The van der Waals surface area contributed by atoms with Gasteiger partial charge >= 0.3 is 11.9 Å². The first-order valence-electron chi connectivity index (χ1n) is 11.3. The molecule has 1 atom stereocenters. The van der Waals surface area contributed by atoms with Crippen LogP contribution in [0.5, 0.6) is 5.75 Å². The molecule has 6 N–H and O–H groups in total. The summed E-state index contributed by atoms with van der Waals surface area (Å²) in [4.78, 5) is 37.1. The lowest BCUT2D eigenvalue weighted by atomic mass is 10.1. The fourth-order valence-electron chi connectivity index (χ4n) is 3.28. The molecule has 0 aliphatic carbocycles. The van der Waals surface area contributed by atoms with Crippen molar-refractivity contribution < 1.29 is 23.9 Å². The second-order valence-electron chi connectivity index (χ2n) is 7.97. The van der Waals surface area contributed by atoms with Gasteiger partial charge in [-0.3, -0.25) is 15.0 Å². The summed E-state index contributed by atoms with van der Waals surface area (Å²) in [5.41, 5.74) is 13.6. The van der Waals surface area contributed by atoms with E-state index in [1.807, 2.05) is 30.3 Å². The third-order valence-electron chi connectivity index (χ3n) is 5.26. The number of nitrogen functional groups attached to an aromatic ring is 1. The molecule has 9 nitrogen and oxygen atoms in total. The van der Waals surface area contributed by atoms with Crippen LogP contribution in [0.15, 0.2) is 78.9 Å². The number of amidine groups is 1. The van der Waals surface area contributed by atoms with Gasteiger partial charge in [-0.1, -0.05) is 42.5 Å². The number of carbonyl (C=O) groups is 3. The smallest absolute Gasteiger partial charge is 0.337 e. The number of amides is 1. The lowest BCUT2D eigenvalue weighted by Gasteiger charge is -2.15. The summed E-state index contributed by atoms with van der Waals surface area (Å²) in [5.74, 6) is -1.58. The van der Waals surface area contributed by atoms with Gasteiger partial charge in [0.2, 0.25) is 0 Å². The third kappa shape index (κ3) is 7.78. The highest BCUT2D eigenvalue weighted by Crippen LogP contribution is 2.15. The molecule has 0 aliphatic rings. The molecule has 0 aliphatic heterocycles. The van der Waals surface area contributed by atoms with Crippen LogP contribution in [0, 0.1) is 5.41 Å². The minimum Gasteiger partial charge on any atom is -0.489 e. The molecular weight excluding hydrogens is 460 g/mol. The molecule has 1 amide bonds. The Morgan fingerprint density at radius 3 is 2.25 bits per heavy atom. The van der Waals surface area contributed by atoms with Crippen molar-refractivity contribution in [3.8, 4) is 5.75 Å². The minimum absolute atomic E-state index is 0.0283. The Morgan fingerprint density at radius 2 is 1.58 bits per heavy atom. The van der Waals surface area contributed by atoms with Gasteiger partial charge in [-0.15, -0.1) is 0 Å². The lowest BCUT2D eigenvalue weighted by molar-refractivity contribution is -0.160. The van der Waals surface area contributed by atoms with Crippen LogP contribution in [0.3, 0.4) is 0 Å². The van der Waals surface area contributed by atoms with Gasteiger partial charge in [-0.05, 0) is 53.9 Å². The van der Waals surface area contributed by atoms with Crippen molar-refractivity contribution in [3.63, 3.8) is 0 Å². The summed E-state index contributed by atoms with van der Waals surface area (Å²) in [5, 5.41) is 9.94. The van der Waals surface area contributed by atoms with Gasteiger partial charge in [0.05, 0.1) is 6.42 Å². The molecule has 0 saturated carbocycles. The SMILES string of the molecule is N=C(N)c1ccc(OCc2cccc(C(=O)NC(CN)C(=O)OC(=O)CCc3ccccc3)c2)cc1. The minimum atomic E-state index is -1.17. The summed E-state index contributed by atoms with van der Waals surface area (Å²) in [6.07, 6.45) is 0.461. The highest BCUT2D eigenvalue weighted by atomic mass is 16.6. The molecule has 36 heavy (non-hydrogen) atoms. The van der Waals surface area contributed by atoms with E-state index in [0.29, 0.717) is 23.3 Å². The molecule has 0 radical (unpaired) electrons. The molecular formula is C27H28N4O5. The zero-order valence-electron chi connectivity index (χ0n) is 19.6. The van der Waals surface area contributed by atoms with Crippen molar-refractivity contribution in [2.45, 2.75) is 25.5 Å². The molecule has 9 heteroatoms. The van der Waals surface area contributed by atoms with Crippen LogP contribution in [0.2, 0.25) is 0 Å². The normalized spacial score (nSPS) is 11.2. The standard InChI is InChI=1S/C27H28N4O5/c28-16-23(27(34)36-24(32)14-9-18-5-2-1-3-6-18)31-26(33)21-8-4-7-19(15-21)17-35-22-12-10-20(11-13-22)25(29)30/h1-8,10-13,15,23H,9,14,16-17,28H2,(H3,29,30)(H,31,33). The fraction of sp³-hybridized carbons (Fsp3) is 0.185. The van der Waals surface area contributed by atoms with Gasteiger partial charge in [0.25, 0.3) is 5.91 Å². The molecule has 0 saturated heterocycles. The largest absolute Gasteiger partial charge is 0.489 e. The second-order valence-corrected chi connectivity index (χ2v) is 7.97. The van der Waals surface area contributed by atoms with Gasteiger partial charge in [-0.25, -0.2) is 4.79 Å². The van der Waals surface area contributed by atoms with Crippen molar-refractivity contribution in [2.75, 3.05) is 6.54 Å². The summed E-state index contributed by atoms with van der Waals surface area (Å²) in [7, 11) is 0. The number of benzene rings is 3. The van der Waals surface area contributed by atoms with Gasteiger partial charge in [0.1, 0.15) is 24.2 Å². The Labute approximate surface area is 208 Å². The van der Waals surface area contributed by atoms with Gasteiger partial charge < -0.3 is 26.3 Å². The third-order valence-corrected chi connectivity index (χ3v) is 5.26. The Bertz CT molecular complexity index is 1210. The van der Waals surface area contributed by atoms with Crippen LogP contribution in [0.25, 0.3) is 0 Å². The maximum absolute atomic E-state index is 12.7. The topological polar surface area (TPSA) is 158 Å². The maximum atomic E-state index is 12.7. The first-order chi connectivity index (χ1) is 17.4. The summed E-state index contributed by atoms with van der Waals surface area (Å²) >= 11 is 0. The van der Waals surface area contributed by atoms with Crippen LogP contribution in [-0.2, 0) is 27.4 Å². The van der Waals surface area contributed by atoms with E-state index < -0.39 is 23.9 Å². The Morgan fingerprint density at radius 1 is 0.889 bits per heavy atom. The van der Waals surface area contributed by atoms with Crippen molar-refractivity contribution in [3.05, 3.63) is 101 Å². The van der Waals surface area contributed by atoms with E-state index in [0.717, 1.165) is 11.1 Å². The number of nitrogens with one attached hydrogen (secondary N) is 2. The molecule has 0 spiro atoms. The van der Waals surface area contributed by atoms with Crippen LogP contribution in [0.4, 0.5) is 0 Å².